The number of Topliss-reactive ketones (excluding diaryl/α,β-unsaturated/α-hetero) is 1. The lowest BCUT2D eigenvalue weighted by Crippen LogP contribution is -2.36. The van der Waals surface area contributed by atoms with Gasteiger partial charge in [0.05, 0.1) is 39.0 Å². The molecular weight excluding hydrogens is 470 g/mol. The molecule has 2 atom stereocenters. The van der Waals surface area contributed by atoms with Crippen molar-refractivity contribution in [3.8, 4) is 28.7 Å². The number of fused-ring (bicyclic) bond motifs is 1. The highest BCUT2D eigenvalue weighted by Gasteiger charge is 2.47. The Bertz CT molecular complexity index is 1210. The van der Waals surface area contributed by atoms with Crippen LogP contribution in [-0.4, -0.2) is 69.1 Å². The zero-order chi connectivity index (χ0) is 25.4. The molecule has 1 amide bonds. The lowest BCUT2D eigenvalue weighted by atomic mass is 9.94. The van der Waals surface area contributed by atoms with Gasteiger partial charge in [0.15, 0.2) is 23.0 Å². The number of aliphatic hydroxyl groups excluding tert-OH is 1. The first-order valence-corrected chi connectivity index (χ1v) is 11.6. The first-order chi connectivity index (χ1) is 17.5. The molecule has 0 aliphatic carbocycles. The van der Waals surface area contributed by atoms with E-state index in [1.807, 2.05) is 0 Å². The topological polar surface area (TPSA) is 113 Å². The number of methoxy groups -OCH3 is 3. The van der Waals surface area contributed by atoms with Crippen molar-refractivity contribution in [3.05, 3.63) is 47.0 Å². The summed E-state index contributed by atoms with van der Waals surface area (Å²) in [4.78, 5) is 28.1. The van der Waals surface area contributed by atoms with Gasteiger partial charge in [0.25, 0.3) is 11.7 Å². The highest BCUT2D eigenvalue weighted by atomic mass is 16.7. The summed E-state index contributed by atoms with van der Waals surface area (Å²) in [6.45, 7) is 0.862. The van der Waals surface area contributed by atoms with Crippen molar-refractivity contribution in [1.82, 2.24) is 4.90 Å². The van der Waals surface area contributed by atoms with E-state index < -0.39 is 17.7 Å². The van der Waals surface area contributed by atoms with Crippen LogP contribution in [0.5, 0.6) is 28.7 Å². The fraction of sp³-hybridized carbons (Fsp3) is 0.385. The number of nitrogens with zero attached hydrogens (tertiary/aromatic N) is 1. The van der Waals surface area contributed by atoms with Gasteiger partial charge in [-0.05, 0) is 48.7 Å². The van der Waals surface area contributed by atoms with E-state index in [0.29, 0.717) is 46.5 Å². The summed E-state index contributed by atoms with van der Waals surface area (Å²) < 4.78 is 33.0. The number of hydrogen-bond donors (Lipinski definition) is 1. The van der Waals surface area contributed by atoms with E-state index >= 15 is 0 Å². The molecule has 0 saturated carbocycles. The van der Waals surface area contributed by atoms with Gasteiger partial charge in [-0.25, -0.2) is 0 Å². The highest BCUT2D eigenvalue weighted by molar-refractivity contribution is 6.46. The molecule has 0 radical (unpaired) electrons. The predicted octanol–water partition coefficient (Wildman–Crippen LogP) is 3.04. The Morgan fingerprint density at radius 3 is 2.39 bits per heavy atom. The number of carbonyl (C=O) groups is 2. The lowest BCUT2D eigenvalue weighted by molar-refractivity contribution is -0.140. The molecular formula is C26H27NO9. The fourth-order valence-corrected chi connectivity index (χ4v) is 4.88. The smallest absolute Gasteiger partial charge is 0.295 e. The van der Waals surface area contributed by atoms with Crippen molar-refractivity contribution < 1.29 is 43.1 Å². The number of rotatable bonds is 7. The number of ketones is 1. The third-order valence-corrected chi connectivity index (χ3v) is 6.61. The average Bonchev–Trinajstić information content (AvgIpc) is 3.64. The number of ether oxygens (including phenoxy) is 6. The van der Waals surface area contributed by atoms with Crippen molar-refractivity contribution in [3.63, 3.8) is 0 Å². The van der Waals surface area contributed by atoms with Crippen LogP contribution in [0.1, 0.15) is 30.0 Å². The Morgan fingerprint density at radius 1 is 1.03 bits per heavy atom. The molecule has 10 nitrogen and oxygen atoms in total. The number of hydrogen-bond acceptors (Lipinski definition) is 9. The summed E-state index contributed by atoms with van der Waals surface area (Å²) in [5.74, 6) is 0.239. The molecule has 0 spiro atoms. The molecule has 0 bridgehead atoms. The standard InChI is InChI=1S/C26H27NO9/c1-31-19-10-15(11-20(32-2)25(19)33-3)22-21(23(28)14-6-7-17-18(9-14)36-13-35-17)24(29)26(30)27(22)12-16-5-4-8-34-16/h6-7,9-11,16,22,28H,4-5,8,12-13H2,1-3H3/t16-,22-/m0/s1. The molecule has 36 heavy (non-hydrogen) atoms. The second-order valence-corrected chi connectivity index (χ2v) is 8.61. The Labute approximate surface area is 207 Å². The van der Waals surface area contributed by atoms with Crippen LogP contribution >= 0.6 is 0 Å². The van der Waals surface area contributed by atoms with E-state index in [1.54, 1.807) is 30.3 Å². The van der Waals surface area contributed by atoms with Crippen molar-refractivity contribution in [2.45, 2.75) is 25.0 Å². The van der Waals surface area contributed by atoms with Crippen LogP contribution in [0.25, 0.3) is 5.76 Å². The van der Waals surface area contributed by atoms with Gasteiger partial charge in [-0.1, -0.05) is 0 Å². The van der Waals surface area contributed by atoms with Crippen LogP contribution in [0.2, 0.25) is 0 Å². The number of likely N-dealkylation sites (tertiary alicyclic amines) is 1. The Hall–Kier alpha value is -3.92. The summed E-state index contributed by atoms with van der Waals surface area (Å²) in [5, 5.41) is 11.4. The van der Waals surface area contributed by atoms with Gasteiger partial charge in [-0.3, -0.25) is 9.59 Å². The van der Waals surface area contributed by atoms with Gasteiger partial charge in [0, 0.05) is 18.7 Å². The first-order valence-electron chi connectivity index (χ1n) is 11.6. The lowest BCUT2D eigenvalue weighted by Gasteiger charge is -2.28. The van der Waals surface area contributed by atoms with Gasteiger partial charge in [-0.2, -0.15) is 0 Å². The Balaban J connectivity index is 1.67. The highest BCUT2D eigenvalue weighted by Crippen LogP contribution is 2.46. The van der Waals surface area contributed by atoms with Crippen molar-refractivity contribution >= 4 is 17.4 Å². The van der Waals surface area contributed by atoms with E-state index in [1.165, 1.54) is 26.2 Å². The molecule has 2 aromatic carbocycles. The van der Waals surface area contributed by atoms with Crippen LogP contribution in [0.15, 0.2) is 35.9 Å². The molecule has 2 fully saturated rings. The molecule has 5 rings (SSSR count). The molecule has 1 N–H and O–H groups in total. The van der Waals surface area contributed by atoms with Gasteiger partial charge < -0.3 is 38.4 Å². The maximum absolute atomic E-state index is 13.4. The van der Waals surface area contributed by atoms with Crippen molar-refractivity contribution in [1.29, 1.82) is 0 Å². The van der Waals surface area contributed by atoms with E-state index in [4.69, 9.17) is 28.4 Å². The van der Waals surface area contributed by atoms with Gasteiger partial charge in [-0.15, -0.1) is 0 Å². The summed E-state index contributed by atoms with van der Waals surface area (Å²) >= 11 is 0. The van der Waals surface area contributed by atoms with Crippen LogP contribution in [0, 0.1) is 0 Å². The zero-order valence-corrected chi connectivity index (χ0v) is 20.2. The van der Waals surface area contributed by atoms with Gasteiger partial charge in [0.2, 0.25) is 12.5 Å². The van der Waals surface area contributed by atoms with Gasteiger partial charge >= 0.3 is 0 Å². The third kappa shape index (κ3) is 3.97. The van der Waals surface area contributed by atoms with E-state index in [-0.39, 0.29) is 30.8 Å². The van der Waals surface area contributed by atoms with Crippen LogP contribution in [0.4, 0.5) is 0 Å². The molecule has 3 aliphatic heterocycles. The maximum Gasteiger partial charge on any atom is 0.295 e. The number of carbonyl (C=O) groups excluding carboxylic acids is 2. The summed E-state index contributed by atoms with van der Waals surface area (Å²) in [7, 11) is 4.46. The van der Waals surface area contributed by atoms with Crippen LogP contribution in [-0.2, 0) is 14.3 Å². The fourth-order valence-electron chi connectivity index (χ4n) is 4.88. The number of amides is 1. The normalized spacial score (nSPS) is 22.2. The molecule has 0 unspecified atom stereocenters. The maximum atomic E-state index is 13.4. The van der Waals surface area contributed by atoms with Crippen LogP contribution < -0.4 is 23.7 Å². The number of benzene rings is 2. The molecule has 2 saturated heterocycles. The predicted molar refractivity (Wildman–Crippen MR) is 127 cm³/mol. The molecule has 3 heterocycles. The van der Waals surface area contributed by atoms with E-state index in [2.05, 4.69) is 0 Å². The SMILES string of the molecule is COc1cc([C@H]2C(=C(O)c3ccc4c(c3)OCO4)C(=O)C(=O)N2C[C@@H]2CCCO2)cc(OC)c1OC. The minimum absolute atomic E-state index is 0.0499. The monoisotopic (exact) mass is 497 g/mol. The largest absolute Gasteiger partial charge is 0.507 e. The van der Waals surface area contributed by atoms with Crippen molar-refractivity contribution in [2.24, 2.45) is 0 Å². The third-order valence-electron chi connectivity index (χ3n) is 6.61. The summed E-state index contributed by atoms with van der Waals surface area (Å²) in [5.41, 5.74) is 0.793. The molecule has 10 heteroatoms. The van der Waals surface area contributed by atoms with Gasteiger partial charge in [0.1, 0.15) is 5.76 Å². The zero-order valence-electron chi connectivity index (χ0n) is 20.2. The Morgan fingerprint density at radius 2 is 1.75 bits per heavy atom. The first kappa shape index (κ1) is 23.8. The summed E-state index contributed by atoms with van der Waals surface area (Å²) in [6.07, 6.45) is 1.44. The van der Waals surface area contributed by atoms with E-state index in [9.17, 15) is 14.7 Å². The molecule has 2 aromatic rings. The molecule has 0 aromatic heterocycles. The minimum Gasteiger partial charge on any atom is -0.507 e. The number of aliphatic hydroxyl groups is 1. The Kier molecular flexibility index (Phi) is 6.36. The molecule has 190 valence electrons. The quantitative estimate of drug-likeness (QED) is 0.350. The second-order valence-electron chi connectivity index (χ2n) is 8.61. The average molecular weight is 498 g/mol. The second kappa shape index (κ2) is 9.62. The van der Waals surface area contributed by atoms with Crippen LogP contribution in [0.3, 0.4) is 0 Å². The molecule has 3 aliphatic rings. The van der Waals surface area contributed by atoms with Crippen molar-refractivity contribution in [2.75, 3.05) is 41.3 Å². The summed E-state index contributed by atoms with van der Waals surface area (Å²) in [6, 6.07) is 7.28. The van der Waals surface area contributed by atoms with E-state index in [0.717, 1.165) is 12.8 Å². The minimum atomic E-state index is -0.909.